The van der Waals surface area contributed by atoms with Gasteiger partial charge in [-0.3, -0.25) is 4.98 Å². The molecule has 8 heteroatoms. The van der Waals surface area contributed by atoms with Crippen molar-refractivity contribution < 1.29 is 4.42 Å². The van der Waals surface area contributed by atoms with Gasteiger partial charge in [-0.2, -0.15) is 0 Å². The van der Waals surface area contributed by atoms with Crippen molar-refractivity contribution in [2.75, 3.05) is 0 Å². The Bertz CT molecular complexity index is 995. The van der Waals surface area contributed by atoms with Gasteiger partial charge in [0.25, 0.3) is 11.8 Å². The smallest absolute Gasteiger partial charge is 0.270 e. The average molecular weight is 339 g/mol. The summed E-state index contributed by atoms with van der Waals surface area (Å²) in [6.07, 6.45) is 1.67. The molecule has 1 aromatic carbocycles. The van der Waals surface area contributed by atoms with E-state index < -0.39 is 0 Å². The van der Waals surface area contributed by atoms with Crippen LogP contribution in [0.15, 0.2) is 53.1 Å². The summed E-state index contributed by atoms with van der Waals surface area (Å²) in [5.74, 6) is 0.628. The van der Waals surface area contributed by atoms with Crippen molar-refractivity contribution in [1.29, 1.82) is 0 Å². The molecule has 0 amide bonds. The third-order valence-corrected chi connectivity index (χ3v) is 3.69. The number of halogens is 1. The van der Waals surface area contributed by atoms with Crippen LogP contribution in [0.2, 0.25) is 5.02 Å². The molecule has 0 unspecified atom stereocenters. The largest absolute Gasteiger partial charge is 0.413 e. The van der Waals surface area contributed by atoms with Crippen LogP contribution in [0.25, 0.3) is 28.9 Å². The maximum Gasteiger partial charge on any atom is 0.270 e. The van der Waals surface area contributed by atoms with Gasteiger partial charge < -0.3 is 4.42 Å². The average Bonchev–Trinajstić information content (AvgIpc) is 3.22. The topological polar surface area (TPSA) is 82.5 Å². The Morgan fingerprint density at radius 2 is 1.88 bits per heavy atom. The fraction of sp³-hybridized carbons (Fsp3) is 0.0625. The molecular weight excluding hydrogens is 328 g/mol. The van der Waals surface area contributed by atoms with E-state index in [0.29, 0.717) is 28.2 Å². The molecule has 118 valence electrons. The third kappa shape index (κ3) is 2.55. The number of aromatic nitrogens is 6. The van der Waals surface area contributed by atoms with Gasteiger partial charge in [-0.15, -0.1) is 15.3 Å². The number of nitrogens with zero attached hydrogens (tertiary/aromatic N) is 6. The minimum atomic E-state index is 0.293. The first kappa shape index (κ1) is 14.5. The summed E-state index contributed by atoms with van der Waals surface area (Å²) in [6, 6.07) is 12.8. The zero-order valence-corrected chi connectivity index (χ0v) is 13.3. The van der Waals surface area contributed by atoms with Gasteiger partial charge in [0.15, 0.2) is 5.69 Å². The highest BCUT2D eigenvalue weighted by molar-refractivity contribution is 6.30. The Hall–Kier alpha value is -3.06. The van der Waals surface area contributed by atoms with Gasteiger partial charge in [0.05, 0.1) is 11.4 Å². The molecule has 4 aromatic rings. The SMILES string of the molecule is Cc1c(-c2nnc(-c3ccccn3)o2)nnn1-c1cccc(Cl)c1. The third-order valence-electron chi connectivity index (χ3n) is 3.46. The van der Waals surface area contributed by atoms with Crippen molar-refractivity contribution in [2.45, 2.75) is 6.92 Å². The van der Waals surface area contributed by atoms with E-state index in [0.717, 1.165) is 11.4 Å². The van der Waals surface area contributed by atoms with Gasteiger partial charge >= 0.3 is 0 Å². The number of hydrogen-bond donors (Lipinski definition) is 0. The van der Waals surface area contributed by atoms with Gasteiger partial charge in [0, 0.05) is 11.2 Å². The molecule has 3 aromatic heterocycles. The maximum atomic E-state index is 6.03. The van der Waals surface area contributed by atoms with Gasteiger partial charge in [-0.05, 0) is 37.3 Å². The molecule has 24 heavy (non-hydrogen) atoms. The molecular formula is C16H11ClN6O. The van der Waals surface area contributed by atoms with Crippen molar-refractivity contribution in [3.63, 3.8) is 0 Å². The zero-order valence-electron chi connectivity index (χ0n) is 12.6. The van der Waals surface area contributed by atoms with Crippen LogP contribution in [-0.2, 0) is 0 Å². The molecule has 0 bridgehead atoms. The lowest BCUT2D eigenvalue weighted by atomic mass is 10.3. The summed E-state index contributed by atoms with van der Waals surface area (Å²) in [6.45, 7) is 1.88. The first-order valence-electron chi connectivity index (χ1n) is 7.16. The molecule has 0 aliphatic rings. The molecule has 4 rings (SSSR count). The van der Waals surface area contributed by atoms with Crippen molar-refractivity contribution in [3.05, 3.63) is 59.4 Å². The van der Waals surface area contributed by atoms with E-state index in [1.54, 1.807) is 29.1 Å². The minimum absolute atomic E-state index is 0.293. The fourth-order valence-electron chi connectivity index (χ4n) is 2.29. The van der Waals surface area contributed by atoms with Crippen LogP contribution in [0.1, 0.15) is 5.69 Å². The van der Waals surface area contributed by atoms with E-state index in [1.807, 2.05) is 31.2 Å². The van der Waals surface area contributed by atoms with E-state index in [-0.39, 0.29) is 0 Å². The summed E-state index contributed by atoms with van der Waals surface area (Å²) in [4.78, 5) is 4.19. The predicted octanol–water partition coefficient (Wildman–Crippen LogP) is 3.34. The van der Waals surface area contributed by atoms with Gasteiger partial charge in [-0.1, -0.05) is 28.9 Å². The Kier molecular flexibility index (Phi) is 3.55. The van der Waals surface area contributed by atoms with Crippen LogP contribution in [0.4, 0.5) is 0 Å². The molecule has 0 aliphatic carbocycles. The quantitative estimate of drug-likeness (QED) is 0.569. The molecule has 0 aliphatic heterocycles. The summed E-state index contributed by atoms with van der Waals surface area (Å²) in [7, 11) is 0. The summed E-state index contributed by atoms with van der Waals surface area (Å²) in [5.41, 5.74) is 2.71. The number of rotatable bonds is 3. The molecule has 3 heterocycles. The Balaban J connectivity index is 1.73. The second-order valence-electron chi connectivity index (χ2n) is 5.04. The maximum absolute atomic E-state index is 6.03. The Morgan fingerprint density at radius 1 is 1.00 bits per heavy atom. The lowest BCUT2D eigenvalue weighted by Gasteiger charge is -2.03. The highest BCUT2D eigenvalue weighted by Gasteiger charge is 2.19. The van der Waals surface area contributed by atoms with Crippen molar-refractivity contribution in [1.82, 2.24) is 30.2 Å². The summed E-state index contributed by atoms with van der Waals surface area (Å²) in [5, 5.41) is 17.0. The van der Waals surface area contributed by atoms with Crippen LogP contribution in [-0.4, -0.2) is 30.2 Å². The van der Waals surface area contributed by atoms with E-state index >= 15 is 0 Å². The lowest BCUT2D eigenvalue weighted by molar-refractivity contribution is 0.579. The van der Waals surface area contributed by atoms with E-state index in [4.69, 9.17) is 16.0 Å². The monoisotopic (exact) mass is 338 g/mol. The zero-order chi connectivity index (χ0) is 16.5. The van der Waals surface area contributed by atoms with Gasteiger partial charge in [-0.25, -0.2) is 4.68 Å². The van der Waals surface area contributed by atoms with Crippen molar-refractivity contribution in [2.24, 2.45) is 0 Å². The van der Waals surface area contributed by atoms with Gasteiger partial charge in [0.1, 0.15) is 5.69 Å². The first-order valence-corrected chi connectivity index (χ1v) is 7.54. The van der Waals surface area contributed by atoms with E-state index in [2.05, 4.69) is 25.5 Å². The van der Waals surface area contributed by atoms with Crippen LogP contribution >= 0.6 is 11.6 Å². The fourth-order valence-corrected chi connectivity index (χ4v) is 2.48. The molecule has 0 N–H and O–H groups in total. The summed E-state index contributed by atoms with van der Waals surface area (Å²) >= 11 is 6.03. The Morgan fingerprint density at radius 3 is 2.67 bits per heavy atom. The van der Waals surface area contributed by atoms with E-state index in [9.17, 15) is 0 Å². The van der Waals surface area contributed by atoms with Crippen molar-refractivity contribution in [3.8, 4) is 28.9 Å². The lowest BCUT2D eigenvalue weighted by Crippen LogP contribution is -1.98. The number of benzene rings is 1. The van der Waals surface area contributed by atoms with E-state index in [1.165, 1.54) is 0 Å². The highest BCUT2D eigenvalue weighted by Crippen LogP contribution is 2.25. The second kappa shape index (κ2) is 5.86. The van der Waals surface area contributed by atoms with Crippen LogP contribution in [0.5, 0.6) is 0 Å². The van der Waals surface area contributed by atoms with Gasteiger partial charge in [0.2, 0.25) is 0 Å². The molecule has 0 atom stereocenters. The standard InChI is InChI=1S/C16H11ClN6O/c1-10-14(19-22-23(10)12-6-4-5-11(17)9-12)16-21-20-15(24-16)13-7-2-3-8-18-13/h2-9H,1H3. The van der Waals surface area contributed by atoms with Crippen LogP contribution in [0.3, 0.4) is 0 Å². The molecule has 0 fully saturated rings. The summed E-state index contributed by atoms with van der Waals surface area (Å²) < 4.78 is 7.36. The van der Waals surface area contributed by atoms with Crippen LogP contribution < -0.4 is 0 Å². The highest BCUT2D eigenvalue weighted by atomic mass is 35.5. The molecule has 0 radical (unpaired) electrons. The first-order chi connectivity index (χ1) is 11.7. The molecule has 0 saturated heterocycles. The minimum Gasteiger partial charge on any atom is -0.413 e. The number of hydrogen-bond acceptors (Lipinski definition) is 6. The molecule has 0 spiro atoms. The molecule has 7 nitrogen and oxygen atoms in total. The predicted molar refractivity (Wildman–Crippen MR) is 87.6 cm³/mol. The second-order valence-corrected chi connectivity index (χ2v) is 5.48. The van der Waals surface area contributed by atoms with Crippen molar-refractivity contribution >= 4 is 11.6 Å². The normalized spacial score (nSPS) is 10.9. The van der Waals surface area contributed by atoms with Crippen LogP contribution in [0, 0.1) is 6.92 Å². The number of pyridine rings is 1. The Labute approximate surface area is 141 Å². The molecule has 0 saturated carbocycles.